The molecule has 0 saturated heterocycles. The fraction of sp³-hybridized carbons (Fsp3) is 0.328. The number of carboxylic acids is 1. The van der Waals surface area contributed by atoms with Crippen molar-refractivity contribution in [3.8, 4) is 5.75 Å². The van der Waals surface area contributed by atoms with Crippen LogP contribution in [0.3, 0.4) is 0 Å². The predicted octanol–water partition coefficient (Wildman–Crippen LogP) is -8.29. The molecular weight excluding hydrogens is 1370 g/mol. The van der Waals surface area contributed by atoms with Crippen LogP contribution in [0.5, 0.6) is 5.75 Å². The van der Waals surface area contributed by atoms with Crippen LogP contribution in [0.2, 0.25) is 0 Å². The number of aromatic amines is 1. The molecule has 0 unspecified atom stereocenters. The van der Waals surface area contributed by atoms with E-state index in [1.165, 1.54) is 54.7 Å². The fourth-order valence-corrected chi connectivity index (χ4v) is 13.5. The number of aromatic nitrogens is 4. The molecule has 9 rings (SSSR count). The number of H-pyrrole nitrogens is 1. The monoisotopic (exact) mass is 1430 g/mol. The van der Waals surface area contributed by atoms with E-state index in [4.69, 9.17) is 10.5 Å². The van der Waals surface area contributed by atoms with Crippen molar-refractivity contribution in [2.45, 2.75) is 112 Å². The minimum atomic E-state index is -4.88. The number of fused-ring (bicyclic) bond motifs is 3. The number of nitrogens with one attached hydrogen (secondary N) is 3. The van der Waals surface area contributed by atoms with E-state index in [2.05, 4.69) is 30.6 Å². The predicted molar refractivity (Wildman–Crippen MR) is 333 cm³/mol. The molecule has 4 aromatic carbocycles. The molecule has 0 fully saturated rings. The van der Waals surface area contributed by atoms with Crippen LogP contribution in [0.1, 0.15) is 105 Å². The molecule has 35 heteroatoms. The van der Waals surface area contributed by atoms with E-state index in [-0.39, 0.29) is 198 Å². The zero-order chi connectivity index (χ0) is 66.0. The van der Waals surface area contributed by atoms with E-state index >= 15 is 0 Å². The molecule has 2 aliphatic heterocycles. The van der Waals surface area contributed by atoms with Gasteiger partial charge >= 0.3 is 118 Å². The summed E-state index contributed by atoms with van der Waals surface area (Å²) in [7, 11) is -18.8. The Morgan fingerprint density at radius 3 is 1.99 bits per heavy atom. The maximum absolute atomic E-state index is 13.5. The molecule has 6 aromatic rings. The van der Waals surface area contributed by atoms with Crippen LogP contribution in [-0.2, 0) is 69.1 Å². The summed E-state index contributed by atoms with van der Waals surface area (Å²) in [6.07, 6.45) is 10.6. The topological polar surface area (TPSA) is 455 Å². The largest absolute Gasteiger partial charge is 1.00 e. The van der Waals surface area contributed by atoms with Crippen molar-refractivity contribution >= 4 is 92.2 Å². The van der Waals surface area contributed by atoms with Gasteiger partial charge in [-0.05, 0) is 160 Å². The molecule has 0 saturated carbocycles. The van der Waals surface area contributed by atoms with Crippen molar-refractivity contribution < 1.29 is 200 Å². The fourth-order valence-electron chi connectivity index (χ4n) is 11.4. The van der Waals surface area contributed by atoms with E-state index in [9.17, 15) is 71.4 Å². The summed E-state index contributed by atoms with van der Waals surface area (Å²) in [6.45, 7) is 7.90. The van der Waals surface area contributed by atoms with Crippen LogP contribution < -0.4 is 155 Å². The van der Waals surface area contributed by atoms with Gasteiger partial charge in [-0.25, -0.2) is 43.6 Å². The van der Waals surface area contributed by atoms with Gasteiger partial charge in [-0.2, -0.15) is 9.56 Å². The number of nitrogens with two attached hydrogens (primary N) is 1. The number of aliphatic carboxylic acids is 1. The van der Waals surface area contributed by atoms with Crippen LogP contribution in [0.4, 0.5) is 23.0 Å². The zero-order valence-corrected chi connectivity index (χ0v) is 65.4. The zero-order valence-electron chi connectivity index (χ0n) is 54.1. The third-order valence-corrected chi connectivity index (χ3v) is 19.2. The molecule has 0 spiro atoms. The summed E-state index contributed by atoms with van der Waals surface area (Å²) in [5.41, 5.74) is 9.52. The van der Waals surface area contributed by atoms with Crippen molar-refractivity contribution in [1.29, 1.82) is 0 Å². The van der Waals surface area contributed by atoms with Crippen molar-refractivity contribution in [3.05, 3.63) is 176 Å². The summed E-state index contributed by atoms with van der Waals surface area (Å²) in [6, 6.07) is 19.2. The van der Waals surface area contributed by atoms with Gasteiger partial charge in [0.15, 0.2) is 16.9 Å². The van der Waals surface area contributed by atoms with Crippen molar-refractivity contribution in [3.63, 3.8) is 0 Å². The smallest absolute Gasteiger partial charge is 0.748 e. The second-order valence-electron chi connectivity index (χ2n) is 23.1. The number of benzene rings is 4. The number of carbonyl (C=O) groups excluding carboxylic acids is 2. The molecular formula is C61H65N9Na4O18S4. The Labute approximate surface area is 644 Å². The van der Waals surface area contributed by atoms with Crippen molar-refractivity contribution in [2.24, 2.45) is 0 Å². The Morgan fingerprint density at radius 1 is 0.760 bits per heavy atom. The average molecular weight is 1430 g/mol. The summed E-state index contributed by atoms with van der Waals surface area (Å²) in [5.74, 6) is -2.88. The SMILES string of the molecule is CC1(C)C(/C=C/C2=C(Oc3ccc(C[C@H](NC(=O)c4ccc(NCc5cnc6nc(N)[nH]c(=O)c6n5)cc4)C(=O)[O-])cc3)C(=C/C=C3/N(CCCCS(=O)(=O)[O-])c4ccc(S(=O)(=O)[O-])cc4C3(C)C)/CCC2)=[N+](CCCCS(=O)(=O)[O-])c2ccc(S(=O)(=O)[O-])cc21.O.[Na+].[Na+].[Na+].[Na+]. The number of nitrogens with zero attached hydrogens (tertiary/aromatic N) is 5. The van der Waals surface area contributed by atoms with E-state index in [1.807, 2.05) is 61.5 Å². The standard InChI is InChI=1S/C61H67N9O17S4.4Na.H2O/c1-60(2)46-33-44(90(81,82)83)22-24-49(46)69(28-5-7-30-88(75,76)77)51(60)26-16-38-10-9-11-39(17-27-52-61(3,4)47-34-45(91(84,85)86)23-25-50(47)70(52)29-6-8-31-89(78,79)80)54(38)87-43-20-12-37(13-21-43)32-48(58(73)74)66-56(71)40-14-18-41(19-15-40)63-35-42-36-64-55-53(65-42)57(72)68-59(62)67-55;;;;;/h12-27,33-34,36,48H,5-11,28-32,35H2,1-4H3,(H9-,62,63,64,66,67,68,71,72,73,74,75,76,77,78,79,80,81,82,83,84,85,86);;;;;1H2/q;4*+1;/p-4/t48-;;;;;/m0...../s1. The molecule has 2 aromatic heterocycles. The van der Waals surface area contributed by atoms with Gasteiger partial charge in [0.1, 0.15) is 38.3 Å². The first-order valence-electron chi connectivity index (χ1n) is 28.6. The summed E-state index contributed by atoms with van der Waals surface area (Å²) >= 11 is 0. The van der Waals surface area contributed by atoms with Gasteiger partial charge in [0.25, 0.3) is 11.5 Å². The number of unbranched alkanes of at least 4 members (excludes halogenated alkanes) is 2. The number of carbonyl (C=O) groups is 2. The molecule has 27 nitrogen and oxygen atoms in total. The maximum Gasteiger partial charge on any atom is 1.00 e. The molecule has 1 atom stereocenters. The van der Waals surface area contributed by atoms with Crippen molar-refractivity contribution in [1.82, 2.24) is 25.3 Å². The Morgan fingerprint density at radius 2 is 1.38 bits per heavy atom. The summed E-state index contributed by atoms with van der Waals surface area (Å²) in [4.78, 5) is 54.1. The van der Waals surface area contributed by atoms with Gasteiger partial charge in [-0.1, -0.05) is 32.1 Å². The minimum absolute atomic E-state index is 0. The average Bonchev–Trinajstić information content (AvgIpc) is 1.59. The third-order valence-electron chi connectivity index (χ3n) is 16.0. The van der Waals surface area contributed by atoms with Gasteiger partial charge in [-0.15, -0.1) is 0 Å². The number of hydrogen-bond donors (Lipinski definition) is 4. The number of nitrogen functional groups attached to an aromatic ring is 1. The summed E-state index contributed by atoms with van der Waals surface area (Å²) in [5, 5.41) is 18.2. The molecule has 1 aliphatic carbocycles. The number of rotatable bonds is 25. The minimum Gasteiger partial charge on any atom is -0.748 e. The first kappa shape index (κ1) is 83.9. The Bertz CT molecular complexity index is 4610. The van der Waals surface area contributed by atoms with Crippen LogP contribution in [0.15, 0.2) is 153 Å². The molecule has 96 heavy (non-hydrogen) atoms. The maximum atomic E-state index is 13.5. The Balaban J connectivity index is 0.00000392. The number of ether oxygens (including phenoxy) is 1. The third kappa shape index (κ3) is 20.8. The Hall–Kier alpha value is -4.53. The van der Waals surface area contributed by atoms with Gasteiger partial charge < -0.3 is 59.6 Å². The number of allylic oxidation sites excluding steroid dienone is 7. The van der Waals surface area contributed by atoms with Gasteiger partial charge in [0, 0.05) is 70.2 Å². The van der Waals surface area contributed by atoms with Crippen LogP contribution >= 0.6 is 0 Å². The number of amides is 1. The van der Waals surface area contributed by atoms with E-state index < -0.39 is 96.1 Å². The number of hydrogen-bond acceptors (Lipinski definition) is 23. The van der Waals surface area contributed by atoms with Gasteiger partial charge in [-0.3, -0.25) is 14.6 Å². The molecule has 4 heterocycles. The van der Waals surface area contributed by atoms with Crippen LogP contribution in [0.25, 0.3) is 11.2 Å². The normalized spacial score (nSPS) is 16.1. The van der Waals surface area contributed by atoms with E-state index in [1.54, 1.807) is 36.4 Å². The number of anilines is 3. The second kappa shape index (κ2) is 34.2. The van der Waals surface area contributed by atoms with Gasteiger partial charge in [0.05, 0.1) is 65.9 Å². The molecule has 7 N–H and O–H groups in total. The second-order valence-corrected chi connectivity index (χ2v) is 28.9. The van der Waals surface area contributed by atoms with Crippen LogP contribution in [-0.4, -0.2) is 130 Å². The first-order valence-corrected chi connectivity index (χ1v) is 34.6. The number of carboxylic acid groups (broad SMARTS) is 1. The van der Waals surface area contributed by atoms with E-state index in [0.717, 1.165) is 0 Å². The van der Waals surface area contributed by atoms with Crippen molar-refractivity contribution in [2.75, 3.05) is 40.5 Å². The Kier molecular flexibility index (Phi) is 29.9. The molecule has 3 aliphatic rings. The molecule has 0 bridgehead atoms. The summed E-state index contributed by atoms with van der Waals surface area (Å²) < 4.78 is 152. The first-order chi connectivity index (χ1) is 42.7. The quantitative estimate of drug-likeness (QED) is 0.0179. The molecule has 490 valence electrons. The van der Waals surface area contributed by atoms with Crippen LogP contribution in [0, 0.1) is 0 Å². The van der Waals surface area contributed by atoms with Gasteiger partial charge in [0.2, 0.25) is 11.6 Å². The molecule has 0 radical (unpaired) electrons. The van der Waals surface area contributed by atoms with E-state index in [0.29, 0.717) is 92.8 Å². The molecule has 1 amide bonds.